The summed E-state index contributed by atoms with van der Waals surface area (Å²) in [5.74, 6) is -0.362. The van der Waals surface area contributed by atoms with Gasteiger partial charge >= 0.3 is 0 Å². The average molecular weight is 481 g/mol. The van der Waals surface area contributed by atoms with Crippen LogP contribution in [-0.2, 0) is 16.1 Å². The first-order chi connectivity index (χ1) is 16.7. The Morgan fingerprint density at radius 3 is 2.83 bits per heavy atom. The zero-order valence-electron chi connectivity index (χ0n) is 20.5. The molecule has 0 bridgehead atoms. The highest BCUT2D eigenvalue weighted by Gasteiger charge is 2.64. The molecule has 2 unspecified atom stereocenters. The second kappa shape index (κ2) is 9.04. The number of carbonyl (C=O) groups is 2. The topological polar surface area (TPSA) is 111 Å². The van der Waals surface area contributed by atoms with Gasteiger partial charge in [0.25, 0.3) is 0 Å². The molecule has 35 heavy (non-hydrogen) atoms. The Bertz CT molecular complexity index is 1050. The molecule has 188 valence electrons. The van der Waals surface area contributed by atoms with E-state index in [1.54, 1.807) is 24.5 Å². The fourth-order valence-corrected chi connectivity index (χ4v) is 8.45. The molecule has 4 aliphatic carbocycles. The van der Waals surface area contributed by atoms with E-state index in [4.69, 9.17) is 0 Å². The van der Waals surface area contributed by atoms with Crippen molar-refractivity contribution in [2.75, 3.05) is 13.2 Å². The zero-order chi connectivity index (χ0) is 25.0. The first-order valence-electron chi connectivity index (χ1n) is 12.8. The largest absolute Gasteiger partial charge is 0.393 e. The van der Waals surface area contributed by atoms with E-state index in [0.29, 0.717) is 19.5 Å². The van der Waals surface area contributed by atoms with E-state index in [1.807, 2.05) is 18.2 Å². The molecule has 7 nitrogen and oxygen atoms in total. The summed E-state index contributed by atoms with van der Waals surface area (Å²) in [5, 5.41) is 33.4. The fourth-order valence-electron chi connectivity index (χ4n) is 8.45. The third kappa shape index (κ3) is 4.02. The SMILES string of the molecule is C[C@]12C=CC(=O)C=C1CC[C@@H]1C2[C@@H](O)C[C@@]2(C)C1C[C@@H](CN(O)Cc1cccnc1)[C@@H]2C(=O)CO. The van der Waals surface area contributed by atoms with E-state index < -0.39 is 24.0 Å². The van der Waals surface area contributed by atoms with Gasteiger partial charge in [-0.05, 0) is 72.6 Å². The number of carbonyl (C=O) groups excluding carboxylic acids is 2. The van der Waals surface area contributed by atoms with Crippen molar-refractivity contribution < 1.29 is 25.0 Å². The third-order valence-electron chi connectivity index (χ3n) is 9.70. The number of pyridine rings is 1. The number of allylic oxidation sites excluding steroid dienone is 4. The number of aliphatic hydroxyl groups excluding tert-OH is 2. The quantitative estimate of drug-likeness (QED) is 0.537. The zero-order valence-corrected chi connectivity index (χ0v) is 20.5. The number of ketones is 2. The van der Waals surface area contributed by atoms with Gasteiger partial charge in [0, 0.05) is 36.2 Å². The van der Waals surface area contributed by atoms with Gasteiger partial charge in [0.1, 0.15) is 6.61 Å². The molecule has 3 saturated carbocycles. The van der Waals surface area contributed by atoms with Gasteiger partial charge in [0.15, 0.2) is 11.6 Å². The van der Waals surface area contributed by atoms with Crippen molar-refractivity contribution in [1.82, 2.24) is 10.0 Å². The number of hydrogen-bond donors (Lipinski definition) is 3. The summed E-state index contributed by atoms with van der Waals surface area (Å²) in [6.07, 6.45) is 11.1. The Hall–Kier alpha value is -2.19. The minimum atomic E-state index is -0.610. The van der Waals surface area contributed by atoms with Gasteiger partial charge in [-0.2, -0.15) is 5.06 Å². The molecule has 1 aromatic heterocycles. The molecule has 0 amide bonds. The number of hydrogen-bond acceptors (Lipinski definition) is 7. The van der Waals surface area contributed by atoms with Gasteiger partial charge in [0.2, 0.25) is 0 Å². The lowest BCUT2D eigenvalue weighted by Gasteiger charge is -2.58. The molecule has 3 N–H and O–H groups in total. The van der Waals surface area contributed by atoms with E-state index >= 15 is 0 Å². The number of rotatable bonds is 6. The molecule has 0 aliphatic heterocycles. The van der Waals surface area contributed by atoms with Crippen LogP contribution in [0.15, 0.2) is 48.3 Å². The van der Waals surface area contributed by atoms with E-state index in [-0.39, 0.29) is 40.7 Å². The minimum absolute atomic E-state index is 0.0113. The first kappa shape index (κ1) is 24.5. The minimum Gasteiger partial charge on any atom is -0.393 e. The summed E-state index contributed by atoms with van der Waals surface area (Å²) < 4.78 is 0. The number of nitrogens with zero attached hydrogens (tertiary/aromatic N) is 2. The Balaban J connectivity index is 1.44. The number of Topliss-reactive ketones (excluding diaryl/α,β-unsaturated/α-hetero) is 1. The maximum absolute atomic E-state index is 13.1. The maximum Gasteiger partial charge on any atom is 0.178 e. The monoisotopic (exact) mass is 480 g/mol. The normalized spacial score (nSPS) is 40.2. The van der Waals surface area contributed by atoms with Crippen molar-refractivity contribution in [2.24, 2.45) is 40.4 Å². The van der Waals surface area contributed by atoms with Gasteiger partial charge in [-0.1, -0.05) is 31.6 Å². The van der Waals surface area contributed by atoms with Crippen molar-refractivity contribution in [1.29, 1.82) is 0 Å². The molecule has 0 spiro atoms. The number of hydroxylamine groups is 2. The van der Waals surface area contributed by atoms with Crippen LogP contribution >= 0.6 is 0 Å². The molecule has 5 rings (SSSR count). The molecular weight excluding hydrogens is 444 g/mol. The Morgan fingerprint density at radius 1 is 1.31 bits per heavy atom. The second-order valence-corrected chi connectivity index (χ2v) is 11.6. The van der Waals surface area contributed by atoms with Crippen molar-refractivity contribution in [3.05, 3.63) is 53.9 Å². The molecule has 1 aromatic rings. The Morgan fingerprint density at radius 2 is 2.11 bits per heavy atom. The van der Waals surface area contributed by atoms with Crippen LogP contribution in [0.4, 0.5) is 0 Å². The van der Waals surface area contributed by atoms with Crippen LogP contribution in [-0.4, -0.2) is 56.3 Å². The van der Waals surface area contributed by atoms with Crippen LogP contribution in [0.3, 0.4) is 0 Å². The van der Waals surface area contributed by atoms with Crippen molar-refractivity contribution in [3.8, 4) is 0 Å². The van der Waals surface area contributed by atoms with Gasteiger partial charge in [0.05, 0.1) is 12.6 Å². The number of fused-ring (bicyclic) bond motifs is 5. The highest BCUT2D eigenvalue weighted by atomic mass is 16.5. The summed E-state index contributed by atoms with van der Waals surface area (Å²) in [6.45, 7) is 4.34. The smallest absolute Gasteiger partial charge is 0.178 e. The van der Waals surface area contributed by atoms with Gasteiger partial charge in [-0.3, -0.25) is 14.6 Å². The molecule has 3 fully saturated rings. The predicted molar refractivity (Wildman–Crippen MR) is 129 cm³/mol. The summed E-state index contributed by atoms with van der Waals surface area (Å²) in [5.41, 5.74) is 1.17. The summed E-state index contributed by atoms with van der Waals surface area (Å²) in [4.78, 5) is 29.3. The van der Waals surface area contributed by atoms with Crippen molar-refractivity contribution in [2.45, 2.75) is 52.2 Å². The first-order valence-corrected chi connectivity index (χ1v) is 12.8. The van der Waals surface area contributed by atoms with Crippen LogP contribution in [0.25, 0.3) is 0 Å². The van der Waals surface area contributed by atoms with Gasteiger partial charge < -0.3 is 15.4 Å². The molecule has 0 aromatic carbocycles. The standard InChI is InChI=1S/C28H36N2O5/c1-27-8-7-20(32)11-19(27)5-6-21-22-10-18(15-30(35)14-17-4-3-9-29-13-17)25(24(34)16-31)28(22,2)12-23(33)26(21)27/h3-4,7-9,11,13,18,21-23,25-26,31,33,35H,5-6,10,12,14-16H2,1-2H3/t18-,21-,22?,23-,25+,26?,27-,28-/m0/s1. The molecular formula is C28H36N2O5. The third-order valence-corrected chi connectivity index (χ3v) is 9.70. The van der Waals surface area contributed by atoms with E-state index in [2.05, 4.69) is 18.8 Å². The highest BCUT2D eigenvalue weighted by molar-refractivity contribution is 6.01. The molecule has 0 radical (unpaired) electrons. The van der Waals surface area contributed by atoms with Crippen LogP contribution in [0.2, 0.25) is 0 Å². The molecule has 7 heteroatoms. The second-order valence-electron chi connectivity index (χ2n) is 11.6. The van der Waals surface area contributed by atoms with Crippen LogP contribution in [0, 0.1) is 40.4 Å². The van der Waals surface area contributed by atoms with Gasteiger partial charge in [-0.25, -0.2) is 0 Å². The Labute approximate surface area is 206 Å². The lowest BCUT2D eigenvalue weighted by atomic mass is 9.46. The van der Waals surface area contributed by atoms with Crippen molar-refractivity contribution >= 4 is 11.6 Å². The lowest BCUT2D eigenvalue weighted by molar-refractivity contribution is -0.146. The molecule has 0 saturated heterocycles. The molecule has 1 heterocycles. The maximum atomic E-state index is 13.1. The van der Waals surface area contributed by atoms with Gasteiger partial charge in [-0.15, -0.1) is 0 Å². The highest BCUT2D eigenvalue weighted by Crippen LogP contribution is 2.67. The van der Waals surface area contributed by atoms with E-state index in [9.17, 15) is 25.0 Å². The van der Waals surface area contributed by atoms with E-state index in [1.165, 1.54) is 5.06 Å². The molecule has 8 atom stereocenters. The molecule has 4 aliphatic rings. The van der Waals surface area contributed by atoms with Crippen LogP contribution in [0.1, 0.15) is 45.1 Å². The fraction of sp³-hybridized carbons (Fsp3) is 0.607. The van der Waals surface area contributed by atoms with Crippen LogP contribution in [0.5, 0.6) is 0 Å². The summed E-state index contributed by atoms with van der Waals surface area (Å²) >= 11 is 0. The predicted octanol–water partition coefficient (Wildman–Crippen LogP) is 2.96. The van der Waals surface area contributed by atoms with Crippen molar-refractivity contribution in [3.63, 3.8) is 0 Å². The van der Waals surface area contributed by atoms with Crippen LogP contribution < -0.4 is 0 Å². The van der Waals surface area contributed by atoms with E-state index in [0.717, 1.165) is 30.4 Å². The average Bonchev–Trinajstić information content (AvgIpc) is 3.10. The Kier molecular flexibility index (Phi) is 6.33. The lowest BCUT2D eigenvalue weighted by Crippen LogP contribution is -2.56. The summed E-state index contributed by atoms with van der Waals surface area (Å²) in [6, 6.07) is 3.73. The summed E-state index contributed by atoms with van der Waals surface area (Å²) in [7, 11) is 0. The number of aromatic nitrogens is 1. The number of aliphatic hydroxyl groups is 2.